The maximum Gasteiger partial charge on any atom is 0.204 e. The minimum atomic E-state index is -0.900. The molecule has 53 heavy (non-hydrogen) atoms. The number of aryl methyl sites for hydroxylation is 1. The lowest BCUT2D eigenvalue weighted by Crippen LogP contribution is -2.34. The Morgan fingerprint density at radius 2 is 1.43 bits per heavy atom. The number of hydrogen-bond donors (Lipinski definition) is 6. The van der Waals surface area contributed by atoms with Crippen molar-refractivity contribution in [1.29, 1.82) is 0 Å². The summed E-state index contributed by atoms with van der Waals surface area (Å²) in [5.74, 6) is 12.8. The number of nitrogens with zero attached hydrogens (tertiary/aromatic N) is 6. The van der Waals surface area contributed by atoms with Gasteiger partial charge in [0.15, 0.2) is 0 Å². The molecule has 0 aliphatic heterocycles. The van der Waals surface area contributed by atoms with Crippen LogP contribution in [-0.2, 0) is 17.8 Å². The first-order valence-corrected chi connectivity index (χ1v) is 17.2. The largest absolute Gasteiger partial charge is 0.384 e. The summed E-state index contributed by atoms with van der Waals surface area (Å²) in [6.45, 7) is 5.13. The minimum absolute atomic E-state index is 0.221. The number of aromatic nitrogens is 8. The van der Waals surface area contributed by atoms with Crippen LogP contribution in [-0.4, -0.2) is 74.7 Å². The van der Waals surface area contributed by atoms with Crippen molar-refractivity contribution in [2.24, 2.45) is 0 Å². The van der Waals surface area contributed by atoms with Crippen molar-refractivity contribution in [2.45, 2.75) is 64.3 Å². The van der Waals surface area contributed by atoms with Gasteiger partial charge in [-0.15, -0.1) is 0 Å². The number of rotatable bonds is 7. The summed E-state index contributed by atoms with van der Waals surface area (Å²) in [5.41, 5.74) is 13.7. The van der Waals surface area contributed by atoms with E-state index >= 15 is 0 Å². The molecule has 1 aliphatic rings. The Balaban J connectivity index is 0.000000181. The van der Waals surface area contributed by atoms with E-state index in [4.69, 9.17) is 16.2 Å². The minimum Gasteiger partial charge on any atom is -0.384 e. The van der Waals surface area contributed by atoms with Crippen molar-refractivity contribution in [3.8, 4) is 46.5 Å². The van der Waals surface area contributed by atoms with Crippen LogP contribution in [0.5, 0.6) is 0 Å². The summed E-state index contributed by atoms with van der Waals surface area (Å²) in [5, 5.41) is 20.6. The van der Waals surface area contributed by atoms with Gasteiger partial charge in [0.25, 0.3) is 0 Å². The molecule has 272 valence electrons. The molecule has 0 aromatic carbocycles. The highest BCUT2D eigenvalue weighted by Gasteiger charge is 2.32. The van der Waals surface area contributed by atoms with Gasteiger partial charge >= 0.3 is 0 Å². The third-order valence-corrected chi connectivity index (χ3v) is 8.96. The summed E-state index contributed by atoms with van der Waals surface area (Å²) < 4.78 is 8.66. The lowest BCUT2D eigenvalue weighted by atomic mass is 9.81. The van der Waals surface area contributed by atoms with E-state index in [1.807, 2.05) is 13.8 Å². The molecule has 1 saturated carbocycles. The Morgan fingerprint density at radius 3 is 1.91 bits per heavy atom. The maximum absolute atomic E-state index is 13.0. The summed E-state index contributed by atoms with van der Waals surface area (Å²) in [7, 11) is 1.59. The summed E-state index contributed by atoms with van der Waals surface area (Å²) in [6.07, 6.45) is 8.59. The zero-order valence-corrected chi connectivity index (χ0v) is 29.6. The van der Waals surface area contributed by atoms with Crippen LogP contribution in [0.2, 0.25) is 0 Å². The second-order valence-electron chi connectivity index (χ2n) is 12.4. The number of imidazole rings is 2. The maximum atomic E-state index is 13.0. The molecule has 7 rings (SSSR count). The normalized spacial score (nSPS) is 13.6. The number of fused-ring (bicyclic) bond motifs is 2. The molecule has 1 atom stereocenters. The number of H-pyrrole nitrogens is 2. The number of aromatic amines is 2. The molecule has 8 N–H and O–H groups in total. The highest BCUT2D eigenvalue weighted by molar-refractivity contribution is 5.87. The molecule has 0 saturated heterocycles. The molecule has 6 aromatic heterocycles. The third kappa shape index (κ3) is 7.40. The quantitative estimate of drug-likeness (QED) is 0.132. The first-order chi connectivity index (χ1) is 25.6. The highest BCUT2D eigenvalue weighted by atomic mass is 16.5. The standard InChI is InChI=1S/C19H21N5O3.C19H19N5O2/c1-3-13(25)6-4-12-5-7-14-16(26)15(18-21-8-9-22-18)17(20)24(10-11-27-2)19(14)23-12;1-2-24-16(20)14(17-21-10-11-22-17)15(25)13-5-4-12(23-18(13)24)6-9-19(26)7-3-8-19/h5,7-9,13,25H,3,10-11,20H2,1-2H3,(H,21,22);4-5,10-11,26H,2-3,7-8,20H2,1H3,(H,21,22). The van der Waals surface area contributed by atoms with Crippen LogP contribution < -0.4 is 22.3 Å². The first-order valence-electron chi connectivity index (χ1n) is 17.2. The molecule has 0 radical (unpaired) electrons. The van der Waals surface area contributed by atoms with Crippen molar-refractivity contribution in [1.82, 2.24) is 39.0 Å². The van der Waals surface area contributed by atoms with Crippen molar-refractivity contribution in [2.75, 3.05) is 25.2 Å². The van der Waals surface area contributed by atoms with Gasteiger partial charge in [-0.1, -0.05) is 18.8 Å². The van der Waals surface area contributed by atoms with Crippen LogP contribution in [0.1, 0.15) is 50.9 Å². The van der Waals surface area contributed by atoms with Gasteiger partial charge in [-0.2, -0.15) is 0 Å². The summed E-state index contributed by atoms with van der Waals surface area (Å²) in [6, 6.07) is 6.72. The van der Waals surface area contributed by atoms with Crippen LogP contribution in [0.4, 0.5) is 11.6 Å². The number of nitrogen functional groups attached to an aromatic ring is 2. The van der Waals surface area contributed by atoms with E-state index in [1.165, 1.54) is 0 Å². The van der Waals surface area contributed by atoms with E-state index in [0.717, 1.165) is 6.42 Å². The highest BCUT2D eigenvalue weighted by Crippen LogP contribution is 2.31. The SMILES string of the molecule is CCC(O)C#Cc1ccc2c(=O)c(-c3ncc[nH]3)c(N)n(CCOC)c2n1.CCn1c(N)c(-c2ncc[nH]2)c(=O)c2ccc(C#CC3(O)CCC3)nc21. The smallest absolute Gasteiger partial charge is 0.204 e. The average molecular weight is 717 g/mol. The molecule has 0 bridgehead atoms. The van der Waals surface area contributed by atoms with Crippen LogP contribution in [0.3, 0.4) is 0 Å². The fraction of sp³-hybridized carbons (Fsp3) is 0.316. The molecule has 0 spiro atoms. The fourth-order valence-electron chi connectivity index (χ4n) is 5.87. The van der Waals surface area contributed by atoms with Gasteiger partial charge in [-0.05, 0) is 68.7 Å². The molecule has 15 nitrogen and oxygen atoms in total. The average Bonchev–Trinajstić information content (AvgIpc) is 3.88. The van der Waals surface area contributed by atoms with E-state index in [2.05, 4.69) is 53.6 Å². The number of anilines is 2. The Hall–Kier alpha value is -6.26. The second-order valence-corrected chi connectivity index (χ2v) is 12.4. The topological polar surface area (TPSA) is 229 Å². The Bertz CT molecular complexity index is 2510. The third-order valence-electron chi connectivity index (χ3n) is 8.96. The van der Waals surface area contributed by atoms with Gasteiger partial charge in [0.1, 0.15) is 68.8 Å². The van der Waals surface area contributed by atoms with Crippen molar-refractivity contribution < 1.29 is 14.9 Å². The van der Waals surface area contributed by atoms with E-state index in [9.17, 15) is 19.8 Å². The van der Waals surface area contributed by atoms with E-state index in [1.54, 1.807) is 65.3 Å². The van der Waals surface area contributed by atoms with Crippen molar-refractivity contribution >= 4 is 33.7 Å². The number of nitrogens with two attached hydrogens (primary N) is 2. The number of ether oxygens (including phenoxy) is 1. The number of aliphatic hydroxyl groups excluding tert-OH is 1. The van der Waals surface area contributed by atoms with Crippen LogP contribution in [0, 0.1) is 23.7 Å². The molecule has 0 amide bonds. The molecule has 6 aromatic rings. The van der Waals surface area contributed by atoms with E-state index in [0.29, 0.717) is 101 Å². The molecule has 1 aliphatic carbocycles. The number of aliphatic hydroxyl groups is 2. The molecule has 6 heterocycles. The molecule has 15 heteroatoms. The first kappa shape index (κ1) is 36.5. The molecular formula is C38H40N10O5. The van der Waals surface area contributed by atoms with Crippen LogP contribution in [0.15, 0.2) is 58.6 Å². The van der Waals surface area contributed by atoms with E-state index in [-0.39, 0.29) is 16.7 Å². The molecule has 1 fully saturated rings. The summed E-state index contributed by atoms with van der Waals surface area (Å²) in [4.78, 5) is 49.1. The Morgan fingerprint density at radius 1 is 0.887 bits per heavy atom. The Labute approximate surface area is 304 Å². The van der Waals surface area contributed by atoms with Crippen molar-refractivity contribution in [3.63, 3.8) is 0 Å². The number of methoxy groups -OCH3 is 1. The lowest BCUT2D eigenvalue weighted by molar-refractivity contribution is 0.0239. The Kier molecular flexibility index (Phi) is 10.7. The van der Waals surface area contributed by atoms with Gasteiger partial charge in [0, 0.05) is 45.0 Å². The zero-order chi connectivity index (χ0) is 37.7. The monoisotopic (exact) mass is 716 g/mol. The van der Waals surface area contributed by atoms with Crippen LogP contribution in [0.25, 0.3) is 44.8 Å². The number of nitrogens with one attached hydrogen (secondary N) is 2. The van der Waals surface area contributed by atoms with Gasteiger partial charge in [0.05, 0.1) is 17.4 Å². The number of pyridine rings is 4. The van der Waals surface area contributed by atoms with Gasteiger partial charge in [0.2, 0.25) is 10.9 Å². The summed E-state index contributed by atoms with van der Waals surface area (Å²) >= 11 is 0. The zero-order valence-electron chi connectivity index (χ0n) is 29.6. The van der Waals surface area contributed by atoms with Crippen molar-refractivity contribution in [3.05, 3.63) is 80.9 Å². The van der Waals surface area contributed by atoms with Gasteiger partial charge < -0.3 is 45.5 Å². The van der Waals surface area contributed by atoms with Gasteiger partial charge in [-0.25, -0.2) is 19.9 Å². The predicted molar refractivity (Wildman–Crippen MR) is 202 cm³/mol. The second kappa shape index (κ2) is 15.5. The number of hydrogen-bond acceptors (Lipinski definition) is 11. The van der Waals surface area contributed by atoms with E-state index < -0.39 is 11.7 Å². The van der Waals surface area contributed by atoms with Crippen LogP contribution >= 0.6 is 0 Å². The fourth-order valence-corrected chi connectivity index (χ4v) is 5.87. The lowest BCUT2D eigenvalue weighted by Gasteiger charge is -2.30. The molecule has 1 unspecified atom stereocenters. The molecular weight excluding hydrogens is 676 g/mol. The predicted octanol–water partition coefficient (Wildman–Crippen LogP) is 2.79. The van der Waals surface area contributed by atoms with Gasteiger partial charge in [-0.3, -0.25) is 9.59 Å².